The molecule has 2 rings (SSSR count). The van der Waals surface area contributed by atoms with Gasteiger partial charge in [-0.3, -0.25) is 0 Å². The van der Waals surface area contributed by atoms with Gasteiger partial charge in [0.2, 0.25) is 0 Å². The number of hydrogen-bond donors (Lipinski definition) is 0. The van der Waals surface area contributed by atoms with Crippen molar-refractivity contribution in [2.75, 3.05) is 0 Å². The molecule has 1 aromatic carbocycles. The van der Waals surface area contributed by atoms with Crippen LogP contribution in [0.3, 0.4) is 0 Å². The van der Waals surface area contributed by atoms with Gasteiger partial charge in [0, 0.05) is 16.2 Å². The molecule has 0 fully saturated rings. The van der Waals surface area contributed by atoms with E-state index < -0.39 is 0 Å². The van der Waals surface area contributed by atoms with Crippen molar-refractivity contribution in [2.45, 2.75) is 0 Å². The van der Waals surface area contributed by atoms with E-state index in [1.807, 2.05) is 30.3 Å². The molecule has 14 heavy (non-hydrogen) atoms. The van der Waals surface area contributed by atoms with E-state index in [9.17, 15) is 0 Å². The van der Waals surface area contributed by atoms with Crippen molar-refractivity contribution in [3.63, 3.8) is 0 Å². The Labute approximate surface area is 95.9 Å². The standard InChI is InChI=1S/C11H7BrClN/c12-10-6-11(13)14-7-9(10)8-4-2-1-3-5-8/h1-7H. The number of nitrogens with zero attached hydrogens (tertiary/aromatic N) is 1. The lowest BCUT2D eigenvalue weighted by atomic mass is 10.1. The zero-order valence-electron chi connectivity index (χ0n) is 7.24. The molecule has 1 heterocycles. The summed E-state index contributed by atoms with van der Waals surface area (Å²) in [5.74, 6) is 0. The van der Waals surface area contributed by atoms with Crippen molar-refractivity contribution in [1.82, 2.24) is 4.98 Å². The van der Waals surface area contributed by atoms with E-state index in [4.69, 9.17) is 11.6 Å². The molecule has 1 nitrogen and oxygen atoms in total. The molecule has 0 aliphatic rings. The second-order valence-corrected chi connectivity index (χ2v) is 4.09. The summed E-state index contributed by atoms with van der Waals surface area (Å²) in [6.07, 6.45) is 1.77. The van der Waals surface area contributed by atoms with E-state index in [1.165, 1.54) is 0 Å². The molecule has 0 bridgehead atoms. The number of aromatic nitrogens is 1. The Morgan fingerprint density at radius 2 is 1.86 bits per heavy atom. The van der Waals surface area contributed by atoms with Crippen LogP contribution < -0.4 is 0 Å². The highest BCUT2D eigenvalue weighted by Crippen LogP contribution is 2.28. The SMILES string of the molecule is Clc1cc(Br)c(-c2ccccc2)cn1. The fourth-order valence-corrected chi connectivity index (χ4v) is 2.08. The van der Waals surface area contributed by atoms with Gasteiger partial charge in [0.15, 0.2) is 0 Å². The van der Waals surface area contributed by atoms with Gasteiger partial charge in [-0.15, -0.1) is 0 Å². The second kappa shape index (κ2) is 4.11. The minimum atomic E-state index is 0.497. The fraction of sp³-hybridized carbons (Fsp3) is 0. The summed E-state index contributed by atoms with van der Waals surface area (Å²) in [4.78, 5) is 4.05. The van der Waals surface area contributed by atoms with Gasteiger partial charge in [0.1, 0.15) is 5.15 Å². The molecule has 0 spiro atoms. The average Bonchev–Trinajstić information content (AvgIpc) is 2.19. The zero-order chi connectivity index (χ0) is 9.97. The minimum absolute atomic E-state index is 0.497. The van der Waals surface area contributed by atoms with E-state index in [0.717, 1.165) is 15.6 Å². The van der Waals surface area contributed by atoms with Gasteiger partial charge in [-0.25, -0.2) is 4.98 Å². The fourth-order valence-electron chi connectivity index (χ4n) is 1.24. The monoisotopic (exact) mass is 267 g/mol. The third-order valence-corrected chi connectivity index (χ3v) is 2.77. The molecule has 0 saturated heterocycles. The van der Waals surface area contributed by atoms with Crippen molar-refractivity contribution < 1.29 is 0 Å². The van der Waals surface area contributed by atoms with Crippen LogP contribution in [0.25, 0.3) is 11.1 Å². The van der Waals surface area contributed by atoms with E-state index in [0.29, 0.717) is 5.15 Å². The van der Waals surface area contributed by atoms with Crippen LogP contribution in [0.15, 0.2) is 47.1 Å². The van der Waals surface area contributed by atoms with E-state index in [-0.39, 0.29) is 0 Å². The highest BCUT2D eigenvalue weighted by Gasteiger charge is 2.03. The molecule has 0 amide bonds. The smallest absolute Gasteiger partial charge is 0.130 e. The molecule has 0 atom stereocenters. The topological polar surface area (TPSA) is 12.9 Å². The first-order valence-corrected chi connectivity index (χ1v) is 5.31. The first kappa shape index (κ1) is 9.69. The maximum absolute atomic E-state index is 5.76. The number of benzene rings is 1. The van der Waals surface area contributed by atoms with Gasteiger partial charge in [-0.05, 0) is 27.6 Å². The molecule has 1 aromatic heterocycles. The summed E-state index contributed by atoms with van der Waals surface area (Å²) in [5.41, 5.74) is 2.18. The Kier molecular flexibility index (Phi) is 2.85. The lowest BCUT2D eigenvalue weighted by Crippen LogP contribution is -1.82. The molecule has 0 aliphatic carbocycles. The summed E-state index contributed by atoms with van der Waals surface area (Å²) in [6, 6.07) is 11.8. The Morgan fingerprint density at radius 1 is 1.14 bits per heavy atom. The third kappa shape index (κ3) is 1.97. The Morgan fingerprint density at radius 3 is 2.50 bits per heavy atom. The molecule has 0 N–H and O–H groups in total. The van der Waals surface area contributed by atoms with Crippen LogP contribution in [0.4, 0.5) is 0 Å². The Hall–Kier alpha value is -0.860. The van der Waals surface area contributed by atoms with Gasteiger partial charge in [0.25, 0.3) is 0 Å². The Balaban J connectivity index is 2.53. The quantitative estimate of drug-likeness (QED) is 0.708. The van der Waals surface area contributed by atoms with Crippen LogP contribution >= 0.6 is 27.5 Å². The molecule has 0 radical (unpaired) electrons. The summed E-state index contributed by atoms with van der Waals surface area (Å²) in [5, 5.41) is 0.497. The number of pyridine rings is 1. The van der Waals surface area contributed by atoms with Gasteiger partial charge in [-0.2, -0.15) is 0 Å². The van der Waals surface area contributed by atoms with E-state index in [2.05, 4.69) is 20.9 Å². The molecule has 70 valence electrons. The first-order valence-electron chi connectivity index (χ1n) is 4.14. The van der Waals surface area contributed by atoms with Gasteiger partial charge in [0.05, 0.1) is 0 Å². The normalized spacial score (nSPS) is 10.1. The van der Waals surface area contributed by atoms with E-state index in [1.54, 1.807) is 12.3 Å². The lowest BCUT2D eigenvalue weighted by molar-refractivity contribution is 1.32. The molecular formula is C11H7BrClN. The van der Waals surface area contributed by atoms with Crippen molar-refractivity contribution in [2.24, 2.45) is 0 Å². The van der Waals surface area contributed by atoms with Crippen LogP contribution in [-0.2, 0) is 0 Å². The molecule has 0 saturated carbocycles. The number of halogens is 2. The predicted octanol–water partition coefficient (Wildman–Crippen LogP) is 4.16. The summed E-state index contributed by atoms with van der Waals surface area (Å²) >= 11 is 9.22. The number of hydrogen-bond acceptors (Lipinski definition) is 1. The summed E-state index contributed by atoms with van der Waals surface area (Å²) in [6.45, 7) is 0. The molecule has 0 unspecified atom stereocenters. The van der Waals surface area contributed by atoms with E-state index >= 15 is 0 Å². The molecule has 3 heteroatoms. The molecular weight excluding hydrogens is 261 g/mol. The minimum Gasteiger partial charge on any atom is -0.244 e. The van der Waals surface area contributed by atoms with Crippen LogP contribution in [0.1, 0.15) is 0 Å². The number of rotatable bonds is 1. The summed E-state index contributed by atoms with van der Waals surface area (Å²) in [7, 11) is 0. The van der Waals surface area contributed by atoms with Crippen molar-refractivity contribution in [3.05, 3.63) is 52.2 Å². The maximum Gasteiger partial charge on any atom is 0.130 e. The predicted molar refractivity (Wildman–Crippen MR) is 62.4 cm³/mol. The van der Waals surface area contributed by atoms with Gasteiger partial charge in [-0.1, -0.05) is 41.9 Å². The van der Waals surface area contributed by atoms with Crippen molar-refractivity contribution in [3.8, 4) is 11.1 Å². The highest BCUT2D eigenvalue weighted by atomic mass is 79.9. The van der Waals surface area contributed by atoms with Crippen LogP contribution in [0.5, 0.6) is 0 Å². The van der Waals surface area contributed by atoms with Crippen molar-refractivity contribution in [1.29, 1.82) is 0 Å². The molecule has 0 aliphatic heterocycles. The summed E-state index contributed by atoms with van der Waals surface area (Å²) < 4.78 is 0.962. The average molecular weight is 269 g/mol. The third-order valence-electron chi connectivity index (χ3n) is 1.90. The van der Waals surface area contributed by atoms with Gasteiger partial charge >= 0.3 is 0 Å². The highest BCUT2D eigenvalue weighted by molar-refractivity contribution is 9.10. The maximum atomic E-state index is 5.76. The Bertz CT molecular complexity index is 442. The van der Waals surface area contributed by atoms with Crippen LogP contribution in [0, 0.1) is 0 Å². The largest absolute Gasteiger partial charge is 0.244 e. The van der Waals surface area contributed by atoms with Crippen LogP contribution in [-0.4, -0.2) is 4.98 Å². The molecule has 2 aromatic rings. The van der Waals surface area contributed by atoms with Crippen molar-refractivity contribution >= 4 is 27.5 Å². The zero-order valence-corrected chi connectivity index (χ0v) is 9.59. The van der Waals surface area contributed by atoms with Gasteiger partial charge < -0.3 is 0 Å². The van der Waals surface area contributed by atoms with Crippen LogP contribution in [0.2, 0.25) is 5.15 Å². The second-order valence-electron chi connectivity index (χ2n) is 2.85. The lowest BCUT2D eigenvalue weighted by Gasteiger charge is -2.03. The first-order chi connectivity index (χ1) is 6.77.